The third kappa shape index (κ3) is 4.00. The number of halogens is 1. The molecule has 0 fully saturated rings. The first kappa shape index (κ1) is 15.6. The van der Waals surface area contributed by atoms with E-state index in [0.29, 0.717) is 10.8 Å². The first-order valence-corrected chi connectivity index (χ1v) is 7.54. The van der Waals surface area contributed by atoms with E-state index in [-0.39, 0.29) is 12.2 Å². The largest absolute Gasteiger partial charge is 0.495 e. The first-order chi connectivity index (χ1) is 8.79. The molecule has 0 heterocycles. The van der Waals surface area contributed by atoms with Crippen molar-refractivity contribution in [3.8, 4) is 5.75 Å². The van der Waals surface area contributed by atoms with Crippen LogP contribution in [0.3, 0.4) is 0 Å². The predicted molar refractivity (Wildman–Crippen MR) is 74.3 cm³/mol. The molecular weight excluding hydrogens is 292 g/mol. The molecule has 0 radical (unpaired) electrons. The Morgan fingerprint density at radius 3 is 2.58 bits per heavy atom. The fraction of sp³-hybridized carbons (Fsp3) is 0.364. The van der Waals surface area contributed by atoms with Crippen LogP contribution in [0.4, 0.5) is 5.69 Å². The van der Waals surface area contributed by atoms with E-state index in [9.17, 15) is 13.2 Å². The second-order valence-corrected chi connectivity index (χ2v) is 6.10. The minimum Gasteiger partial charge on any atom is -0.495 e. The van der Waals surface area contributed by atoms with Gasteiger partial charge in [0.1, 0.15) is 12.3 Å². The summed E-state index contributed by atoms with van der Waals surface area (Å²) in [4.78, 5) is 11.4. The number of amides is 1. The topological polar surface area (TPSA) is 75.7 Å². The monoisotopic (exact) mass is 306 g/mol. The lowest BCUT2D eigenvalue weighted by Gasteiger charge is -2.23. The van der Waals surface area contributed by atoms with E-state index in [2.05, 4.69) is 5.32 Å². The Kier molecular flexibility index (Phi) is 5.02. The Hall–Kier alpha value is -1.47. The number of rotatable bonds is 5. The van der Waals surface area contributed by atoms with Crippen LogP contribution >= 0.6 is 11.6 Å². The smallest absolute Gasteiger partial charge is 0.240 e. The number of nitrogens with one attached hydrogen (secondary N) is 1. The van der Waals surface area contributed by atoms with Crippen molar-refractivity contribution in [2.24, 2.45) is 0 Å². The summed E-state index contributed by atoms with van der Waals surface area (Å²) in [6.45, 7) is -0.341. The van der Waals surface area contributed by atoms with Gasteiger partial charge in [-0.1, -0.05) is 11.6 Å². The minimum absolute atomic E-state index is 0.223. The number of hydrogen-bond donors (Lipinski definition) is 1. The summed E-state index contributed by atoms with van der Waals surface area (Å²) in [6.07, 6.45) is 1.01. The highest BCUT2D eigenvalue weighted by atomic mass is 35.5. The van der Waals surface area contributed by atoms with Gasteiger partial charge in [0.05, 0.1) is 19.1 Å². The Balaban J connectivity index is 3.32. The molecule has 0 aliphatic rings. The summed E-state index contributed by atoms with van der Waals surface area (Å²) in [7, 11) is -0.800. The van der Waals surface area contributed by atoms with Crippen molar-refractivity contribution in [2.45, 2.75) is 0 Å². The van der Waals surface area contributed by atoms with Gasteiger partial charge in [-0.25, -0.2) is 8.42 Å². The average Bonchev–Trinajstić information content (AvgIpc) is 2.34. The number of ether oxygens (including phenoxy) is 1. The van der Waals surface area contributed by atoms with Crippen LogP contribution in [0, 0.1) is 0 Å². The highest BCUT2D eigenvalue weighted by molar-refractivity contribution is 7.92. The van der Waals surface area contributed by atoms with Gasteiger partial charge in [0.15, 0.2) is 0 Å². The van der Waals surface area contributed by atoms with Gasteiger partial charge in [0.2, 0.25) is 15.9 Å². The Labute approximate surface area is 117 Å². The molecule has 1 aromatic rings. The molecule has 0 aromatic heterocycles. The van der Waals surface area contributed by atoms with Crippen LogP contribution in [-0.4, -0.2) is 41.3 Å². The van der Waals surface area contributed by atoms with Crippen molar-refractivity contribution < 1.29 is 17.9 Å². The number of nitrogens with zero attached hydrogens (tertiary/aromatic N) is 1. The highest BCUT2D eigenvalue weighted by Crippen LogP contribution is 2.32. The van der Waals surface area contributed by atoms with Crippen molar-refractivity contribution in [1.82, 2.24) is 5.32 Å². The maximum absolute atomic E-state index is 11.8. The molecule has 0 aliphatic heterocycles. The minimum atomic E-state index is -3.64. The number of benzene rings is 1. The number of sulfonamides is 1. The predicted octanol–water partition coefficient (Wildman–Crippen LogP) is 0.861. The fourth-order valence-corrected chi connectivity index (χ4v) is 2.47. The third-order valence-corrected chi connectivity index (χ3v) is 3.74. The zero-order valence-electron chi connectivity index (χ0n) is 10.8. The summed E-state index contributed by atoms with van der Waals surface area (Å²) in [5.41, 5.74) is 0.223. The molecule has 8 heteroatoms. The first-order valence-electron chi connectivity index (χ1n) is 5.31. The van der Waals surface area contributed by atoms with E-state index in [4.69, 9.17) is 16.3 Å². The quantitative estimate of drug-likeness (QED) is 0.875. The van der Waals surface area contributed by atoms with E-state index in [1.54, 1.807) is 12.1 Å². The van der Waals surface area contributed by atoms with E-state index >= 15 is 0 Å². The van der Waals surface area contributed by atoms with Crippen LogP contribution in [0.1, 0.15) is 0 Å². The van der Waals surface area contributed by atoms with E-state index in [1.165, 1.54) is 20.2 Å². The van der Waals surface area contributed by atoms with Crippen molar-refractivity contribution >= 4 is 33.2 Å². The number of carbonyl (C=O) groups excluding carboxylic acids is 1. The molecule has 0 aliphatic carbocycles. The summed E-state index contributed by atoms with van der Waals surface area (Å²) < 4.78 is 29.7. The van der Waals surface area contributed by atoms with E-state index in [0.717, 1.165) is 10.6 Å². The molecule has 1 aromatic carbocycles. The van der Waals surface area contributed by atoms with Crippen molar-refractivity contribution in [3.05, 3.63) is 23.2 Å². The van der Waals surface area contributed by atoms with Gasteiger partial charge in [-0.15, -0.1) is 0 Å². The second-order valence-electron chi connectivity index (χ2n) is 3.76. The molecule has 0 bridgehead atoms. The summed E-state index contributed by atoms with van der Waals surface area (Å²) >= 11 is 5.86. The molecule has 0 atom stereocenters. The van der Waals surface area contributed by atoms with Gasteiger partial charge in [-0.2, -0.15) is 0 Å². The van der Waals surface area contributed by atoms with Crippen molar-refractivity contribution in [2.75, 3.05) is 31.3 Å². The lowest BCUT2D eigenvalue weighted by molar-refractivity contribution is -0.119. The number of anilines is 1. The van der Waals surface area contributed by atoms with Crippen LogP contribution < -0.4 is 14.4 Å². The van der Waals surface area contributed by atoms with Gasteiger partial charge in [-0.05, 0) is 18.2 Å². The lowest BCUT2D eigenvalue weighted by atomic mass is 10.3. The lowest BCUT2D eigenvalue weighted by Crippen LogP contribution is -2.39. The Bertz CT molecular complexity index is 574. The van der Waals surface area contributed by atoms with Gasteiger partial charge < -0.3 is 10.1 Å². The van der Waals surface area contributed by atoms with E-state index in [1.807, 2.05) is 0 Å². The van der Waals surface area contributed by atoms with Gasteiger partial charge >= 0.3 is 0 Å². The van der Waals surface area contributed by atoms with Gasteiger partial charge in [-0.3, -0.25) is 9.10 Å². The number of carbonyl (C=O) groups is 1. The Morgan fingerprint density at radius 1 is 1.47 bits per heavy atom. The molecule has 0 spiro atoms. The summed E-state index contributed by atoms with van der Waals surface area (Å²) in [5.74, 6) is -0.119. The molecule has 106 valence electrons. The standard InChI is InChI=1S/C11H15ClN2O4S/c1-13-11(15)7-14(19(3,16)17)9-6-8(12)4-5-10(9)18-2/h4-6H,7H2,1-3H3,(H,13,15). The number of methoxy groups -OCH3 is 1. The zero-order valence-corrected chi connectivity index (χ0v) is 12.4. The van der Waals surface area contributed by atoms with Crippen LogP contribution in [0.15, 0.2) is 18.2 Å². The summed E-state index contributed by atoms with van der Waals surface area (Å²) in [6, 6.07) is 4.55. The molecule has 0 saturated carbocycles. The van der Waals surface area contributed by atoms with Crippen LogP contribution in [0.2, 0.25) is 5.02 Å². The fourth-order valence-electron chi connectivity index (χ4n) is 1.45. The van der Waals surface area contributed by atoms with Crippen LogP contribution in [0.25, 0.3) is 0 Å². The SMILES string of the molecule is CNC(=O)CN(c1cc(Cl)ccc1OC)S(C)(=O)=O. The maximum Gasteiger partial charge on any atom is 0.240 e. The number of hydrogen-bond acceptors (Lipinski definition) is 4. The molecular formula is C11H15ClN2O4S. The molecule has 0 saturated heterocycles. The van der Waals surface area contributed by atoms with Crippen LogP contribution in [-0.2, 0) is 14.8 Å². The average molecular weight is 307 g/mol. The molecule has 1 amide bonds. The second kappa shape index (κ2) is 6.12. The van der Waals surface area contributed by atoms with Crippen LogP contribution in [0.5, 0.6) is 5.75 Å². The summed E-state index contributed by atoms with van der Waals surface area (Å²) in [5, 5.41) is 2.72. The zero-order chi connectivity index (χ0) is 14.6. The molecule has 0 unspecified atom stereocenters. The maximum atomic E-state index is 11.8. The van der Waals surface area contributed by atoms with Crippen molar-refractivity contribution in [1.29, 1.82) is 0 Å². The molecule has 1 N–H and O–H groups in total. The van der Waals surface area contributed by atoms with Gasteiger partial charge in [0, 0.05) is 12.1 Å². The molecule has 19 heavy (non-hydrogen) atoms. The van der Waals surface area contributed by atoms with Crippen molar-refractivity contribution in [3.63, 3.8) is 0 Å². The normalized spacial score (nSPS) is 10.9. The third-order valence-electron chi connectivity index (χ3n) is 2.38. The molecule has 1 rings (SSSR count). The molecule has 6 nitrogen and oxygen atoms in total. The Morgan fingerprint density at radius 2 is 2.11 bits per heavy atom. The van der Waals surface area contributed by atoms with Gasteiger partial charge in [0.25, 0.3) is 0 Å². The highest BCUT2D eigenvalue weighted by Gasteiger charge is 2.23. The van der Waals surface area contributed by atoms with E-state index < -0.39 is 15.9 Å². The number of likely N-dealkylation sites (N-methyl/N-ethyl adjacent to an activating group) is 1.